The normalized spacial score (nSPS) is 11.3. The van der Waals surface area contributed by atoms with Crippen molar-refractivity contribution in [1.82, 2.24) is 10.0 Å². The third-order valence-electron chi connectivity index (χ3n) is 2.28. The molecule has 0 unspecified atom stereocenters. The fourth-order valence-electron chi connectivity index (χ4n) is 1.43. The van der Waals surface area contributed by atoms with Gasteiger partial charge in [-0.25, -0.2) is 13.1 Å². The van der Waals surface area contributed by atoms with Crippen molar-refractivity contribution in [2.24, 2.45) is 0 Å². The maximum atomic E-state index is 12.0. The van der Waals surface area contributed by atoms with Crippen molar-refractivity contribution < 1.29 is 13.2 Å². The minimum Gasteiger partial charge on any atom is -0.398 e. The summed E-state index contributed by atoms with van der Waals surface area (Å²) in [5.41, 5.74) is 5.81. The van der Waals surface area contributed by atoms with Crippen LogP contribution in [0, 0.1) is 0 Å². The summed E-state index contributed by atoms with van der Waals surface area (Å²) >= 11 is 3.20. The van der Waals surface area contributed by atoms with Crippen molar-refractivity contribution in [1.29, 1.82) is 0 Å². The van der Waals surface area contributed by atoms with Gasteiger partial charge in [0.15, 0.2) is 0 Å². The first-order valence-corrected chi connectivity index (χ1v) is 7.96. The van der Waals surface area contributed by atoms with Crippen LogP contribution in [0.4, 0.5) is 5.69 Å². The standard InChI is InChI=1S/C11H16BrN3O3S/c1-2-14-11(16)5-6-15-19(17,18)10-4-3-8(12)7-9(10)13/h3-4,7,15H,2,5-6,13H2,1H3,(H,14,16). The minimum absolute atomic E-state index is 0.00611. The van der Waals surface area contributed by atoms with Crippen LogP contribution in [0.5, 0.6) is 0 Å². The minimum atomic E-state index is -3.69. The molecular formula is C11H16BrN3O3S. The molecule has 0 aromatic heterocycles. The van der Waals surface area contributed by atoms with Crippen LogP contribution in [0.3, 0.4) is 0 Å². The summed E-state index contributed by atoms with van der Waals surface area (Å²) in [6, 6.07) is 4.51. The Labute approximate surface area is 120 Å². The van der Waals surface area contributed by atoms with Gasteiger partial charge in [0.1, 0.15) is 4.90 Å². The number of nitrogens with two attached hydrogens (primary N) is 1. The molecular weight excluding hydrogens is 334 g/mol. The Kier molecular flexibility index (Phi) is 5.77. The summed E-state index contributed by atoms with van der Waals surface area (Å²) in [5.74, 6) is -0.200. The Balaban J connectivity index is 2.68. The van der Waals surface area contributed by atoms with Crippen molar-refractivity contribution in [2.45, 2.75) is 18.2 Å². The van der Waals surface area contributed by atoms with E-state index < -0.39 is 10.0 Å². The molecule has 0 saturated heterocycles. The second-order valence-electron chi connectivity index (χ2n) is 3.78. The lowest BCUT2D eigenvalue weighted by Crippen LogP contribution is -2.31. The Morgan fingerprint density at radius 1 is 1.42 bits per heavy atom. The Morgan fingerprint density at radius 2 is 2.11 bits per heavy atom. The quantitative estimate of drug-likeness (QED) is 0.662. The van der Waals surface area contributed by atoms with Gasteiger partial charge in [0.25, 0.3) is 0 Å². The van der Waals surface area contributed by atoms with Crippen LogP contribution in [0.15, 0.2) is 27.6 Å². The Hall–Kier alpha value is -1.12. The van der Waals surface area contributed by atoms with E-state index in [1.54, 1.807) is 13.0 Å². The third-order valence-corrected chi connectivity index (χ3v) is 4.31. The van der Waals surface area contributed by atoms with E-state index in [-0.39, 0.29) is 29.5 Å². The molecule has 4 N–H and O–H groups in total. The van der Waals surface area contributed by atoms with E-state index in [1.807, 2.05) is 0 Å². The van der Waals surface area contributed by atoms with E-state index >= 15 is 0 Å². The molecule has 0 bridgehead atoms. The molecule has 0 aliphatic carbocycles. The average Bonchev–Trinajstić information content (AvgIpc) is 2.28. The molecule has 0 heterocycles. The molecule has 106 valence electrons. The summed E-state index contributed by atoms with van der Waals surface area (Å²) in [6.45, 7) is 2.35. The highest BCUT2D eigenvalue weighted by Gasteiger charge is 2.17. The molecule has 0 aliphatic rings. The second kappa shape index (κ2) is 6.88. The molecule has 8 heteroatoms. The van der Waals surface area contributed by atoms with Crippen LogP contribution in [0.25, 0.3) is 0 Å². The first-order valence-electron chi connectivity index (χ1n) is 5.68. The van der Waals surface area contributed by atoms with Gasteiger partial charge in [0, 0.05) is 24.0 Å². The maximum Gasteiger partial charge on any atom is 0.242 e. The lowest BCUT2D eigenvalue weighted by molar-refractivity contribution is -0.120. The summed E-state index contributed by atoms with van der Waals surface area (Å²) in [4.78, 5) is 11.2. The summed E-state index contributed by atoms with van der Waals surface area (Å²) in [7, 11) is -3.69. The molecule has 1 amide bonds. The van der Waals surface area contributed by atoms with E-state index in [9.17, 15) is 13.2 Å². The molecule has 1 aromatic rings. The molecule has 19 heavy (non-hydrogen) atoms. The van der Waals surface area contributed by atoms with Crippen molar-refractivity contribution in [3.63, 3.8) is 0 Å². The van der Waals surface area contributed by atoms with E-state index in [2.05, 4.69) is 26.0 Å². The Bertz CT molecular complexity index is 560. The van der Waals surface area contributed by atoms with E-state index in [4.69, 9.17) is 5.73 Å². The summed E-state index contributed by atoms with van der Waals surface area (Å²) < 4.78 is 27.0. The third kappa shape index (κ3) is 4.81. The highest BCUT2D eigenvalue weighted by Crippen LogP contribution is 2.22. The monoisotopic (exact) mass is 349 g/mol. The van der Waals surface area contributed by atoms with E-state index in [1.165, 1.54) is 12.1 Å². The maximum absolute atomic E-state index is 12.0. The van der Waals surface area contributed by atoms with Gasteiger partial charge in [-0.15, -0.1) is 0 Å². The number of sulfonamides is 1. The topological polar surface area (TPSA) is 101 Å². The number of rotatable bonds is 6. The molecule has 1 aromatic carbocycles. The molecule has 1 rings (SSSR count). The number of carbonyl (C=O) groups is 1. The van der Waals surface area contributed by atoms with Gasteiger partial charge >= 0.3 is 0 Å². The van der Waals surface area contributed by atoms with Crippen molar-refractivity contribution in [2.75, 3.05) is 18.8 Å². The number of amides is 1. The number of benzene rings is 1. The van der Waals surface area contributed by atoms with Gasteiger partial charge in [0.05, 0.1) is 5.69 Å². The number of hydrogen-bond acceptors (Lipinski definition) is 4. The molecule has 0 aliphatic heterocycles. The van der Waals surface area contributed by atoms with Gasteiger partial charge in [-0.2, -0.15) is 0 Å². The molecule has 0 saturated carbocycles. The van der Waals surface area contributed by atoms with Gasteiger partial charge in [-0.1, -0.05) is 15.9 Å². The molecule has 0 spiro atoms. The van der Waals surface area contributed by atoms with E-state index in [0.717, 1.165) is 0 Å². The molecule has 0 atom stereocenters. The van der Waals surface area contributed by atoms with Gasteiger partial charge in [-0.3, -0.25) is 4.79 Å². The first-order chi connectivity index (χ1) is 8.86. The number of carbonyl (C=O) groups excluding carboxylic acids is 1. The highest BCUT2D eigenvalue weighted by molar-refractivity contribution is 9.10. The van der Waals surface area contributed by atoms with Crippen molar-refractivity contribution >= 4 is 37.5 Å². The van der Waals surface area contributed by atoms with Gasteiger partial charge in [0.2, 0.25) is 15.9 Å². The van der Waals surface area contributed by atoms with Crippen molar-refractivity contribution in [3.05, 3.63) is 22.7 Å². The second-order valence-corrected chi connectivity index (χ2v) is 6.43. The van der Waals surface area contributed by atoms with Crippen LogP contribution in [-0.2, 0) is 14.8 Å². The number of anilines is 1. The van der Waals surface area contributed by atoms with Crippen LogP contribution < -0.4 is 15.8 Å². The SMILES string of the molecule is CCNC(=O)CCNS(=O)(=O)c1ccc(Br)cc1N. The van der Waals surface area contributed by atoms with Gasteiger partial charge < -0.3 is 11.1 Å². The van der Waals surface area contributed by atoms with Crippen LogP contribution >= 0.6 is 15.9 Å². The number of nitrogens with one attached hydrogen (secondary N) is 2. The lowest BCUT2D eigenvalue weighted by atomic mass is 10.3. The number of halogens is 1. The van der Waals surface area contributed by atoms with Crippen LogP contribution in [-0.4, -0.2) is 27.4 Å². The summed E-state index contributed by atoms with van der Waals surface area (Å²) in [5, 5.41) is 2.59. The van der Waals surface area contributed by atoms with Crippen molar-refractivity contribution in [3.8, 4) is 0 Å². The fourth-order valence-corrected chi connectivity index (χ4v) is 2.95. The molecule has 0 fully saturated rings. The zero-order chi connectivity index (χ0) is 14.5. The molecule has 6 nitrogen and oxygen atoms in total. The van der Waals surface area contributed by atoms with E-state index in [0.29, 0.717) is 11.0 Å². The van der Waals surface area contributed by atoms with Gasteiger partial charge in [-0.05, 0) is 25.1 Å². The first kappa shape index (κ1) is 15.9. The number of nitrogen functional groups attached to an aromatic ring is 1. The van der Waals surface area contributed by atoms with Crippen LogP contribution in [0.2, 0.25) is 0 Å². The zero-order valence-corrected chi connectivity index (χ0v) is 12.8. The average molecular weight is 350 g/mol. The fraction of sp³-hybridized carbons (Fsp3) is 0.364. The number of hydrogen-bond donors (Lipinski definition) is 3. The lowest BCUT2D eigenvalue weighted by Gasteiger charge is -2.09. The smallest absolute Gasteiger partial charge is 0.242 e. The highest BCUT2D eigenvalue weighted by atomic mass is 79.9. The Morgan fingerprint density at radius 3 is 2.68 bits per heavy atom. The zero-order valence-electron chi connectivity index (χ0n) is 10.4. The predicted molar refractivity (Wildman–Crippen MR) is 77.0 cm³/mol. The summed E-state index contributed by atoms with van der Waals surface area (Å²) in [6.07, 6.45) is 0.0868. The largest absolute Gasteiger partial charge is 0.398 e. The van der Waals surface area contributed by atoms with Crippen LogP contribution in [0.1, 0.15) is 13.3 Å². The predicted octanol–water partition coefficient (Wildman–Crippen LogP) is 0.836. The molecule has 0 radical (unpaired) electrons.